The summed E-state index contributed by atoms with van der Waals surface area (Å²) >= 11 is 0. The van der Waals surface area contributed by atoms with E-state index in [2.05, 4.69) is 23.1 Å². The lowest BCUT2D eigenvalue weighted by atomic mass is 9.89. The summed E-state index contributed by atoms with van der Waals surface area (Å²) in [6.07, 6.45) is 0. The first-order valence-electron chi connectivity index (χ1n) is 8.14. The molecule has 3 aromatic rings. The monoisotopic (exact) mass is 335 g/mol. The quantitative estimate of drug-likeness (QED) is 0.731. The van der Waals surface area contributed by atoms with Gasteiger partial charge in [-0.3, -0.25) is 0 Å². The third-order valence-corrected chi connectivity index (χ3v) is 5.03. The van der Waals surface area contributed by atoms with Crippen LogP contribution in [-0.4, -0.2) is 26.1 Å². The number of benzene rings is 3. The SMILES string of the molecule is COc1ccc2c(c1O)CN(C)c1c-2ccc2ccc3c(c12)OCO3. The highest BCUT2D eigenvalue weighted by Crippen LogP contribution is 2.51. The van der Waals surface area contributed by atoms with Gasteiger partial charge in [-0.25, -0.2) is 0 Å². The number of aromatic hydroxyl groups is 1. The van der Waals surface area contributed by atoms with Crippen molar-refractivity contribution in [3.8, 4) is 34.1 Å². The summed E-state index contributed by atoms with van der Waals surface area (Å²) in [6, 6.07) is 12.0. The van der Waals surface area contributed by atoms with Crippen LogP contribution in [-0.2, 0) is 6.54 Å². The Bertz CT molecular complexity index is 1030. The molecule has 5 nitrogen and oxygen atoms in total. The highest BCUT2D eigenvalue weighted by Gasteiger charge is 2.29. The summed E-state index contributed by atoms with van der Waals surface area (Å²) in [5.74, 6) is 2.27. The summed E-state index contributed by atoms with van der Waals surface area (Å²) in [6.45, 7) is 0.839. The predicted molar refractivity (Wildman–Crippen MR) is 95.8 cm³/mol. The molecule has 0 fully saturated rings. The number of methoxy groups -OCH3 is 1. The van der Waals surface area contributed by atoms with Gasteiger partial charge >= 0.3 is 0 Å². The molecule has 1 N–H and O–H groups in total. The van der Waals surface area contributed by atoms with Crippen LogP contribution < -0.4 is 19.1 Å². The highest BCUT2D eigenvalue weighted by molar-refractivity contribution is 6.08. The highest BCUT2D eigenvalue weighted by atomic mass is 16.7. The Kier molecular flexibility index (Phi) is 2.83. The molecule has 0 atom stereocenters. The molecule has 0 radical (unpaired) electrons. The number of ether oxygens (including phenoxy) is 3. The van der Waals surface area contributed by atoms with Crippen molar-refractivity contribution in [3.63, 3.8) is 0 Å². The van der Waals surface area contributed by atoms with Gasteiger partial charge in [0.25, 0.3) is 0 Å². The fourth-order valence-electron chi connectivity index (χ4n) is 3.88. The van der Waals surface area contributed by atoms with Gasteiger partial charge in [-0.2, -0.15) is 0 Å². The van der Waals surface area contributed by atoms with E-state index in [0.29, 0.717) is 12.3 Å². The molecule has 3 aromatic carbocycles. The van der Waals surface area contributed by atoms with Gasteiger partial charge in [0.05, 0.1) is 18.2 Å². The number of hydrogen-bond acceptors (Lipinski definition) is 5. The van der Waals surface area contributed by atoms with E-state index in [1.54, 1.807) is 7.11 Å². The van der Waals surface area contributed by atoms with Crippen LogP contribution in [0.5, 0.6) is 23.0 Å². The standard InChI is InChI=1S/C20H17NO4/c1-21-9-14-12(6-8-15(23-2)19(14)22)13-5-3-11-4-7-16-20(25-10-24-16)17(11)18(13)21/h3-8,22H,9-10H2,1-2H3. The average molecular weight is 335 g/mol. The summed E-state index contributed by atoms with van der Waals surface area (Å²) in [5.41, 5.74) is 4.05. The molecule has 0 saturated carbocycles. The maximum atomic E-state index is 10.5. The van der Waals surface area contributed by atoms with Crippen LogP contribution in [0.25, 0.3) is 21.9 Å². The Morgan fingerprint density at radius 1 is 1.04 bits per heavy atom. The average Bonchev–Trinajstić information content (AvgIpc) is 3.11. The van der Waals surface area contributed by atoms with E-state index in [0.717, 1.165) is 44.6 Å². The normalized spacial score (nSPS) is 14.4. The van der Waals surface area contributed by atoms with Gasteiger partial charge in [-0.05, 0) is 29.1 Å². The summed E-state index contributed by atoms with van der Waals surface area (Å²) in [5, 5.41) is 12.7. The Hall–Kier alpha value is -3.08. The van der Waals surface area contributed by atoms with Crippen LogP contribution in [0.15, 0.2) is 36.4 Å². The second kappa shape index (κ2) is 4.96. The van der Waals surface area contributed by atoms with Crippen LogP contribution in [0.1, 0.15) is 5.56 Å². The molecule has 0 saturated heterocycles. The molecule has 0 unspecified atom stereocenters. The molecule has 5 heteroatoms. The number of rotatable bonds is 1. The number of hydrogen-bond donors (Lipinski definition) is 1. The molecule has 0 bridgehead atoms. The van der Waals surface area contributed by atoms with Gasteiger partial charge in [0.15, 0.2) is 23.0 Å². The van der Waals surface area contributed by atoms with E-state index in [1.165, 1.54) is 0 Å². The molecule has 2 aliphatic rings. The third-order valence-electron chi connectivity index (χ3n) is 5.03. The first-order chi connectivity index (χ1) is 12.2. The maximum Gasteiger partial charge on any atom is 0.231 e. The Balaban J connectivity index is 1.86. The summed E-state index contributed by atoms with van der Waals surface area (Å²) < 4.78 is 16.6. The second-order valence-electron chi connectivity index (χ2n) is 6.36. The van der Waals surface area contributed by atoms with Crippen LogP contribution in [0.2, 0.25) is 0 Å². The van der Waals surface area contributed by atoms with Crippen molar-refractivity contribution in [1.29, 1.82) is 0 Å². The molecule has 0 aliphatic carbocycles. The number of phenols is 1. The van der Waals surface area contributed by atoms with Crippen LogP contribution >= 0.6 is 0 Å². The second-order valence-corrected chi connectivity index (χ2v) is 6.36. The van der Waals surface area contributed by atoms with Gasteiger partial charge in [-0.15, -0.1) is 0 Å². The zero-order valence-corrected chi connectivity index (χ0v) is 14.0. The van der Waals surface area contributed by atoms with Gasteiger partial charge in [0.2, 0.25) is 6.79 Å². The minimum atomic E-state index is 0.204. The molecule has 5 rings (SSSR count). The van der Waals surface area contributed by atoms with Gasteiger partial charge in [0, 0.05) is 24.7 Å². The fourth-order valence-corrected chi connectivity index (χ4v) is 3.88. The third kappa shape index (κ3) is 1.83. The summed E-state index contributed by atoms with van der Waals surface area (Å²) in [7, 11) is 3.59. The first-order valence-corrected chi connectivity index (χ1v) is 8.14. The van der Waals surface area contributed by atoms with E-state index < -0.39 is 0 Å². The van der Waals surface area contributed by atoms with Crippen molar-refractivity contribution in [3.05, 3.63) is 42.0 Å². The van der Waals surface area contributed by atoms with Gasteiger partial charge in [-0.1, -0.05) is 18.2 Å². The van der Waals surface area contributed by atoms with Crippen LogP contribution in [0.3, 0.4) is 0 Å². The minimum absolute atomic E-state index is 0.204. The molecule has 0 aromatic heterocycles. The van der Waals surface area contributed by atoms with Crippen LogP contribution in [0, 0.1) is 0 Å². The number of anilines is 1. The maximum absolute atomic E-state index is 10.5. The minimum Gasteiger partial charge on any atom is -0.504 e. The smallest absolute Gasteiger partial charge is 0.231 e. The zero-order valence-electron chi connectivity index (χ0n) is 14.0. The van der Waals surface area contributed by atoms with Crippen molar-refractivity contribution >= 4 is 16.5 Å². The molecule has 126 valence electrons. The topological polar surface area (TPSA) is 51.2 Å². The largest absolute Gasteiger partial charge is 0.504 e. The zero-order chi connectivity index (χ0) is 17.1. The molecule has 0 spiro atoms. The van der Waals surface area contributed by atoms with E-state index in [1.807, 2.05) is 25.2 Å². The van der Waals surface area contributed by atoms with E-state index >= 15 is 0 Å². The number of fused-ring (bicyclic) bond motifs is 7. The van der Waals surface area contributed by atoms with Gasteiger partial charge in [0.1, 0.15) is 0 Å². The lowest BCUT2D eigenvalue weighted by molar-refractivity contribution is 0.175. The molecule has 2 aliphatic heterocycles. The Morgan fingerprint density at radius 2 is 1.84 bits per heavy atom. The van der Waals surface area contributed by atoms with E-state index in [-0.39, 0.29) is 12.5 Å². The molecule has 0 amide bonds. The van der Waals surface area contributed by atoms with Crippen molar-refractivity contribution in [1.82, 2.24) is 0 Å². The summed E-state index contributed by atoms with van der Waals surface area (Å²) in [4.78, 5) is 2.14. The van der Waals surface area contributed by atoms with Crippen molar-refractivity contribution in [2.45, 2.75) is 6.54 Å². The van der Waals surface area contributed by atoms with E-state index in [4.69, 9.17) is 14.2 Å². The lowest BCUT2D eigenvalue weighted by Crippen LogP contribution is -2.22. The van der Waals surface area contributed by atoms with Crippen molar-refractivity contribution in [2.75, 3.05) is 25.9 Å². The van der Waals surface area contributed by atoms with Crippen LogP contribution in [0.4, 0.5) is 5.69 Å². The fraction of sp³-hybridized carbons (Fsp3) is 0.200. The Morgan fingerprint density at radius 3 is 2.68 bits per heavy atom. The molecular formula is C20H17NO4. The van der Waals surface area contributed by atoms with Crippen molar-refractivity contribution in [2.24, 2.45) is 0 Å². The lowest BCUT2D eigenvalue weighted by Gasteiger charge is -2.32. The predicted octanol–water partition coefficient (Wildman–Crippen LogP) is 3.90. The number of phenolic OH excluding ortho intramolecular Hbond substituents is 1. The molecule has 2 heterocycles. The first kappa shape index (κ1) is 14.3. The molecule has 25 heavy (non-hydrogen) atoms. The van der Waals surface area contributed by atoms with Crippen molar-refractivity contribution < 1.29 is 19.3 Å². The van der Waals surface area contributed by atoms with E-state index in [9.17, 15) is 5.11 Å². The van der Waals surface area contributed by atoms with Gasteiger partial charge < -0.3 is 24.2 Å². The molecular weight excluding hydrogens is 318 g/mol. The Labute approximate surface area is 145 Å². The number of nitrogens with zero attached hydrogens (tertiary/aromatic N) is 1.